The van der Waals surface area contributed by atoms with E-state index in [9.17, 15) is 0 Å². The van der Waals surface area contributed by atoms with Gasteiger partial charge in [0.05, 0.1) is 0 Å². The molecule has 0 saturated heterocycles. The van der Waals surface area contributed by atoms with Gasteiger partial charge >= 0.3 is 0 Å². The number of fused-ring (bicyclic) bond motifs is 9. The first-order valence-electron chi connectivity index (χ1n) is 19.6. The zero-order valence-electron chi connectivity index (χ0n) is 31.2. The minimum Gasteiger partial charge on any atom is -0.455 e. The van der Waals surface area contributed by atoms with Crippen LogP contribution in [0.15, 0.2) is 202 Å². The summed E-state index contributed by atoms with van der Waals surface area (Å²) in [6, 6.07) is 66.7. The Kier molecular flexibility index (Phi) is 7.43. The van der Waals surface area contributed by atoms with E-state index in [2.05, 4.69) is 181 Å². The largest absolute Gasteiger partial charge is 0.455 e. The van der Waals surface area contributed by atoms with Crippen molar-refractivity contribution >= 4 is 86.7 Å². The highest BCUT2D eigenvalue weighted by Gasteiger charge is 2.27. The molecule has 0 bridgehead atoms. The van der Waals surface area contributed by atoms with Crippen molar-refractivity contribution in [3.05, 3.63) is 205 Å². The first-order chi connectivity index (χ1) is 28.7. The fraction of sp³-hybridized carbons (Fsp3) is 0.0189. The van der Waals surface area contributed by atoms with Crippen LogP contribution in [0.5, 0.6) is 0 Å². The molecule has 4 nitrogen and oxygen atoms in total. The summed E-state index contributed by atoms with van der Waals surface area (Å²) < 4.78 is 9.45. The van der Waals surface area contributed by atoms with Gasteiger partial charge in [-0.2, -0.15) is 0 Å². The van der Waals surface area contributed by atoms with E-state index in [0.717, 1.165) is 72.4 Å². The van der Waals surface area contributed by atoms with Gasteiger partial charge in [0, 0.05) is 53.2 Å². The van der Waals surface area contributed by atoms with Gasteiger partial charge in [0.1, 0.15) is 22.8 Å². The zero-order valence-corrected chi connectivity index (χ0v) is 32.0. The Labute approximate surface area is 338 Å². The molecular weight excluding hydrogens is 727 g/mol. The summed E-state index contributed by atoms with van der Waals surface area (Å²) >= 11 is 1.84. The van der Waals surface area contributed by atoms with Crippen molar-refractivity contribution < 1.29 is 4.42 Å². The quantitative estimate of drug-likeness (QED) is 0.190. The molecule has 0 aliphatic carbocycles. The number of thiophene rings is 1. The molecular formula is C53H33N3OS. The van der Waals surface area contributed by atoms with Crippen LogP contribution >= 0.6 is 11.3 Å². The Bertz CT molecular complexity index is 3490. The highest BCUT2D eigenvalue weighted by Crippen LogP contribution is 2.47. The Morgan fingerprint density at radius 2 is 1.09 bits per heavy atom. The van der Waals surface area contributed by atoms with Gasteiger partial charge in [0.15, 0.2) is 6.17 Å². The maximum absolute atomic E-state index is 6.91. The molecule has 2 aromatic heterocycles. The monoisotopic (exact) mass is 759 g/mol. The van der Waals surface area contributed by atoms with E-state index >= 15 is 0 Å². The van der Waals surface area contributed by atoms with Gasteiger partial charge in [0.25, 0.3) is 0 Å². The number of amidine groups is 2. The Morgan fingerprint density at radius 3 is 1.95 bits per heavy atom. The highest BCUT2D eigenvalue weighted by molar-refractivity contribution is 7.26. The fourth-order valence-corrected chi connectivity index (χ4v) is 9.91. The van der Waals surface area contributed by atoms with E-state index in [1.165, 1.54) is 41.9 Å². The predicted octanol–water partition coefficient (Wildman–Crippen LogP) is 14.1. The lowest BCUT2D eigenvalue weighted by atomic mass is 9.93. The normalized spacial score (nSPS) is 14.4. The van der Waals surface area contributed by atoms with Crippen LogP contribution in [0.2, 0.25) is 0 Å². The summed E-state index contributed by atoms with van der Waals surface area (Å²) in [7, 11) is 0. The highest BCUT2D eigenvalue weighted by atomic mass is 32.1. The average Bonchev–Trinajstić information content (AvgIpc) is 3.89. The molecule has 11 aromatic rings. The minimum atomic E-state index is -0.536. The number of nitrogens with zero attached hydrogens (tertiary/aromatic N) is 2. The van der Waals surface area contributed by atoms with Crippen molar-refractivity contribution in [1.29, 1.82) is 0 Å². The molecule has 3 heterocycles. The van der Waals surface area contributed by atoms with Gasteiger partial charge in [-0.1, -0.05) is 164 Å². The topological polar surface area (TPSA) is 49.9 Å². The van der Waals surface area contributed by atoms with E-state index < -0.39 is 6.17 Å². The fourth-order valence-electron chi connectivity index (χ4n) is 8.76. The molecule has 9 aromatic carbocycles. The molecule has 1 N–H and O–H groups in total. The Hall–Kier alpha value is -7.34. The third-order valence-corrected chi connectivity index (χ3v) is 12.7. The number of hydrogen-bond donors (Lipinski definition) is 1. The molecule has 1 atom stereocenters. The van der Waals surface area contributed by atoms with E-state index in [0.29, 0.717) is 0 Å². The van der Waals surface area contributed by atoms with E-state index in [4.69, 9.17) is 14.4 Å². The van der Waals surface area contributed by atoms with Crippen LogP contribution in [0.3, 0.4) is 0 Å². The second-order valence-corrected chi connectivity index (χ2v) is 16.0. The summed E-state index contributed by atoms with van der Waals surface area (Å²) in [5.74, 6) is 1.55. The van der Waals surface area contributed by atoms with Crippen molar-refractivity contribution in [1.82, 2.24) is 5.32 Å². The van der Waals surface area contributed by atoms with Crippen LogP contribution in [-0.4, -0.2) is 11.7 Å². The second kappa shape index (κ2) is 13.1. The van der Waals surface area contributed by atoms with Crippen LogP contribution in [0, 0.1) is 0 Å². The molecule has 0 spiro atoms. The first kappa shape index (κ1) is 32.9. The molecule has 1 aliphatic heterocycles. The maximum Gasteiger partial charge on any atom is 0.170 e. The molecule has 272 valence electrons. The molecule has 0 fully saturated rings. The van der Waals surface area contributed by atoms with Gasteiger partial charge in [-0.05, 0) is 62.5 Å². The molecule has 0 amide bonds. The average molecular weight is 760 g/mol. The zero-order chi connectivity index (χ0) is 38.2. The standard InChI is InChI=1S/C53H33N3OS/c1-2-11-32(12-3-1)34-21-24-36(25-22-34)51-54-52(38-26-23-33-13-4-5-15-37(33)31-38)56-53(55-51)43-29-28-41(50-47(43)42-17-8-9-19-44(42)57-50)40-18-10-20-45-49(40)48-39-16-7-6-14-35(39)27-30-46(48)58-45/h1-31,53H,(H,54,55,56). The van der Waals surface area contributed by atoms with Gasteiger partial charge in [0.2, 0.25) is 0 Å². The lowest BCUT2D eigenvalue weighted by molar-refractivity contribution is 0.669. The van der Waals surface area contributed by atoms with Crippen LogP contribution in [0.1, 0.15) is 22.9 Å². The van der Waals surface area contributed by atoms with Crippen LogP contribution in [0.4, 0.5) is 0 Å². The number of nitrogens with one attached hydrogen (secondary N) is 1. The number of rotatable bonds is 5. The SMILES string of the molecule is c1ccc(-c2ccc(C3=NC(c4ccc(-c5cccc6sc7ccc8ccccc8c7c56)c5oc6ccccc6c45)N=C(c4ccc5ccccc5c4)N3)cc2)cc1. The molecule has 1 unspecified atom stereocenters. The van der Waals surface area contributed by atoms with Gasteiger partial charge in [-0.3, -0.25) is 0 Å². The summed E-state index contributed by atoms with van der Waals surface area (Å²) in [6.07, 6.45) is -0.536. The maximum atomic E-state index is 6.91. The lowest BCUT2D eigenvalue weighted by Gasteiger charge is -2.23. The molecule has 12 rings (SSSR count). The number of furan rings is 1. The molecule has 1 aliphatic rings. The van der Waals surface area contributed by atoms with Gasteiger partial charge in [-0.15, -0.1) is 11.3 Å². The Balaban J connectivity index is 1.08. The van der Waals surface area contributed by atoms with Crippen molar-refractivity contribution in [3.8, 4) is 22.3 Å². The molecule has 58 heavy (non-hydrogen) atoms. The summed E-state index contributed by atoms with van der Waals surface area (Å²) in [5.41, 5.74) is 9.22. The minimum absolute atomic E-state index is 0.536. The molecule has 5 heteroatoms. The van der Waals surface area contributed by atoms with E-state index in [1.807, 2.05) is 23.5 Å². The number of hydrogen-bond acceptors (Lipinski definition) is 5. The van der Waals surface area contributed by atoms with E-state index in [-0.39, 0.29) is 0 Å². The predicted molar refractivity (Wildman–Crippen MR) is 244 cm³/mol. The van der Waals surface area contributed by atoms with E-state index in [1.54, 1.807) is 0 Å². The molecule has 0 saturated carbocycles. The lowest BCUT2D eigenvalue weighted by Crippen LogP contribution is -2.36. The Morgan fingerprint density at radius 1 is 0.431 bits per heavy atom. The third-order valence-electron chi connectivity index (χ3n) is 11.5. The number of benzene rings is 9. The third kappa shape index (κ3) is 5.28. The van der Waals surface area contributed by atoms with Crippen molar-refractivity contribution in [2.75, 3.05) is 0 Å². The van der Waals surface area contributed by atoms with Gasteiger partial charge in [-0.25, -0.2) is 9.98 Å². The van der Waals surface area contributed by atoms with Crippen molar-refractivity contribution in [3.63, 3.8) is 0 Å². The number of para-hydroxylation sites is 1. The molecule has 0 radical (unpaired) electrons. The summed E-state index contributed by atoms with van der Waals surface area (Å²) in [5, 5.41) is 13.1. The van der Waals surface area contributed by atoms with Crippen LogP contribution < -0.4 is 5.32 Å². The number of aliphatic imine (C=N–C) groups is 2. The second-order valence-electron chi connectivity index (χ2n) is 14.9. The van der Waals surface area contributed by atoms with Crippen LogP contribution in [0.25, 0.3) is 85.9 Å². The smallest absolute Gasteiger partial charge is 0.170 e. The van der Waals surface area contributed by atoms with Gasteiger partial charge < -0.3 is 9.73 Å². The summed E-state index contributed by atoms with van der Waals surface area (Å²) in [6.45, 7) is 0. The van der Waals surface area contributed by atoms with Crippen molar-refractivity contribution in [2.24, 2.45) is 9.98 Å². The summed E-state index contributed by atoms with van der Waals surface area (Å²) in [4.78, 5) is 10.8. The van der Waals surface area contributed by atoms with Crippen LogP contribution in [-0.2, 0) is 0 Å². The van der Waals surface area contributed by atoms with Crippen molar-refractivity contribution in [2.45, 2.75) is 6.17 Å². The first-order valence-corrected chi connectivity index (χ1v) is 20.4.